The van der Waals surface area contributed by atoms with Crippen LogP contribution in [0.3, 0.4) is 0 Å². The maximum Gasteiger partial charge on any atom is 0.271 e. The lowest BCUT2D eigenvalue weighted by Gasteiger charge is -2.56. The fourth-order valence-electron chi connectivity index (χ4n) is 5.91. The molecule has 4 saturated carbocycles. The highest BCUT2D eigenvalue weighted by Crippen LogP contribution is 2.55. The standard InChI is InChI=1S/C21H23BrN2O3S2/c22-18-5-6-19(28-18)29(26,27)24-17-3-1-16(2-4-17)20(25)23-21-10-13-7-14(11-21)9-15(8-13)12-21/h1-6,13-15,24H,7-12H2,(H,23,25). The van der Waals surface area contributed by atoms with Crippen LogP contribution in [0.25, 0.3) is 0 Å². The van der Waals surface area contributed by atoms with Gasteiger partial charge in [0.2, 0.25) is 0 Å². The van der Waals surface area contributed by atoms with Crippen molar-refractivity contribution in [3.8, 4) is 0 Å². The zero-order valence-corrected chi connectivity index (χ0v) is 19.1. The number of rotatable bonds is 5. The van der Waals surface area contributed by atoms with Crippen LogP contribution < -0.4 is 10.0 Å². The Balaban J connectivity index is 1.27. The smallest absolute Gasteiger partial charge is 0.271 e. The Labute approximate surface area is 183 Å². The first-order chi connectivity index (χ1) is 13.8. The van der Waals surface area contributed by atoms with Crippen molar-refractivity contribution in [3.63, 3.8) is 0 Å². The van der Waals surface area contributed by atoms with Gasteiger partial charge in [-0.15, -0.1) is 11.3 Å². The Morgan fingerprint density at radius 1 is 0.966 bits per heavy atom. The second kappa shape index (κ2) is 7.10. The van der Waals surface area contributed by atoms with Gasteiger partial charge >= 0.3 is 0 Å². The van der Waals surface area contributed by atoms with Crippen LogP contribution in [0.4, 0.5) is 5.69 Å². The van der Waals surface area contributed by atoms with Gasteiger partial charge in [-0.25, -0.2) is 8.42 Å². The van der Waals surface area contributed by atoms with Crippen LogP contribution in [-0.2, 0) is 10.0 Å². The largest absolute Gasteiger partial charge is 0.347 e. The molecule has 0 radical (unpaired) electrons. The van der Waals surface area contributed by atoms with E-state index in [1.54, 1.807) is 36.4 Å². The number of halogens is 1. The molecule has 0 aliphatic heterocycles. The summed E-state index contributed by atoms with van der Waals surface area (Å²) in [4.78, 5) is 12.9. The Morgan fingerprint density at radius 3 is 2.07 bits per heavy atom. The molecule has 1 aromatic heterocycles. The second-order valence-corrected chi connectivity index (χ2v) is 13.3. The Kier molecular flexibility index (Phi) is 4.79. The predicted molar refractivity (Wildman–Crippen MR) is 118 cm³/mol. The lowest BCUT2D eigenvalue weighted by atomic mass is 9.53. The van der Waals surface area contributed by atoms with Gasteiger partial charge in [0.25, 0.3) is 15.9 Å². The number of amides is 1. The van der Waals surface area contributed by atoms with Gasteiger partial charge in [0.1, 0.15) is 4.21 Å². The van der Waals surface area contributed by atoms with Crippen LogP contribution in [0.1, 0.15) is 48.9 Å². The van der Waals surface area contributed by atoms with E-state index in [2.05, 4.69) is 26.0 Å². The molecule has 4 aliphatic carbocycles. The number of hydrogen-bond donors (Lipinski definition) is 2. The van der Waals surface area contributed by atoms with Crippen molar-refractivity contribution in [2.75, 3.05) is 4.72 Å². The van der Waals surface area contributed by atoms with Gasteiger partial charge < -0.3 is 5.32 Å². The van der Waals surface area contributed by atoms with Gasteiger partial charge in [-0.05, 0) is 109 Å². The molecule has 5 nitrogen and oxygen atoms in total. The highest BCUT2D eigenvalue weighted by atomic mass is 79.9. The van der Waals surface area contributed by atoms with Crippen molar-refractivity contribution < 1.29 is 13.2 Å². The number of benzene rings is 1. The maximum atomic E-state index is 12.9. The summed E-state index contributed by atoms with van der Waals surface area (Å²) in [5.41, 5.74) is 0.988. The number of sulfonamides is 1. The summed E-state index contributed by atoms with van der Waals surface area (Å²) in [5, 5.41) is 3.36. The van der Waals surface area contributed by atoms with Crippen molar-refractivity contribution in [1.82, 2.24) is 5.32 Å². The van der Waals surface area contributed by atoms with Crippen LogP contribution in [0.2, 0.25) is 0 Å². The van der Waals surface area contributed by atoms with E-state index in [1.807, 2.05) is 0 Å². The van der Waals surface area contributed by atoms with E-state index in [1.165, 1.54) is 19.3 Å². The fraction of sp³-hybridized carbons (Fsp3) is 0.476. The molecule has 4 bridgehead atoms. The third-order valence-electron chi connectivity index (χ3n) is 6.63. The topological polar surface area (TPSA) is 75.3 Å². The summed E-state index contributed by atoms with van der Waals surface area (Å²) >= 11 is 4.44. The highest BCUT2D eigenvalue weighted by molar-refractivity contribution is 9.11. The van der Waals surface area contributed by atoms with E-state index in [4.69, 9.17) is 0 Å². The molecule has 1 heterocycles. The summed E-state index contributed by atoms with van der Waals surface area (Å²) in [5.74, 6) is 2.27. The van der Waals surface area contributed by atoms with Crippen LogP contribution in [0, 0.1) is 17.8 Å². The normalized spacial score (nSPS) is 30.3. The Morgan fingerprint density at radius 2 is 1.55 bits per heavy atom. The van der Waals surface area contributed by atoms with E-state index in [9.17, 15) is 13.2 Å². The minimum absolute atomic E-state index is 0.0291. The zero-order chi connectivity index (χ0) is 20.2. The van der Waals surface area contributed by atoms with Crippen LogP contribution in [0.5, 0.6) is 0 Å². The average Bonchev–Trinajstić information content (AvgIpc) is 3.08. The summed E-state index contributed by atoms with van der Waals surface area (Å²) in [6, 6.07) is 9.95. The first-order valence-electron chi connectivity index (χ1n) is 10.0. The first-order valence-corrected chi connectivity index (χ1v) is 13.1. The van der Waals surface area contributed by atoms with E-state index in [0.29, 0.717) is 11.3 Å². The third kappa shape index (κ3) is 3.86. The molecule has 0 unspecified atom stereocenters. The number of nitrogens with one attached hydrogen (secondary N) is 2. The van der Waals surface area contributed by atoms with E-state index < -0.39 is 10.0 Å². The summed E-state index contributed by atoms with van der Waals surface area (Å²) in [6.07, 6.45) is 7.34. The molecule has 0 saturated heterocycles. The molecule has 1 amide bonds. The molecule has 6 rings (SSSR count). The zero-order valence-electron chi connectivity index (χ0n) is 15.9. The molecule has 4 aliphatic rings. The van der Waals surface area contributed by atoms with Gasteiger partial charge in [-0.1, -0.05) is 0 Å². The van der Waals surface area contributed by atoms with Crippen molar-refractivity contribution in [1.29, 1.82) is 0 Å². The molecule has 8 heteroatoms. The number of carbonyl (C=O) groups excluding carboxylic acids is 1. The molecular weight excluding hydrogens is 472 g/mol. The van der Waals surface area contributed by atoms with E-state index in [0.717, 1.165) is 52.1 Å². The summed E-state index contributed by atoms with van der Waals surface area (Å²) in [7, 11) is -3.62. The fourth-order valence-corrected chi connectivity index (χ4v) is 8.98. The molecule has 154 valence electrons. The molecule has 1 aromatic carbocycles. The van der Waals surface area contributed by atoms with Crippen molar-refractivity contribution in [3.05, 3.63) is 45.7 Å². The second-order valence-electron chi connectivity index (χ2n) is 8.89. The molecule has 2 N–H and O–H groups in total. The van der Waals surface area contributed by atoms with Crippen LogP contribution in [-0.4, -0.2) is 19.9 Å². The molecule has 4 fully saturated rings. The van der Waals surface area contributed by atoms with Gasteiger partial charge in [0.15, 0.2) is 0 Å². The maximum absolute atomic E-state index is 12.9. The lowest BCUT2D eigenvalue weighted by molar-refractivity contribution is -0.0167. The minimum Gasteiger partial charge on any atom is -0.347 e. The number of thiophene rings is 1. The van der Waals surface area contributed by atoms with Crippen molar-refractivity contribution in [2.45, 2.75) is 48.3 Å². The summed E-state index contributed by atoms with van der Waals surface area (Å²) < 4.78 is 28.5. The Hall–Kier alpha value is -1.38. The Bertz CT molecular complexity index is 1010. The van der Waals surface area contributed by atoms with Crippen molar-refractivity contribution >= 4 is 48.9 Å². The number of carbonyl (C=O) groups is 1. The van der Waals surface area contributed by atoms with Gasteiger partial charge in [-0.3, -0.25) is 9.52 Å². The highest BCUT2D eigenvalue weighted by Gasteiger charge is 2.51. The third-order valence-corrected chi connectivity index (χ3v) is 10.1. The number of hydrogen-bond acceptors (Lipinski definition) is 4. The van der Waals surface area contributed by atoms with Crippen molar-refractivity contribution in [2.24, 2.45) is 17.8 Å². The van der Waals surface area contributed by atoms with Gasteiger partial charge in [0, 0.05) is 16.8 Å². The molecule has 29 heavy (non-hydrogen) atoms. The van der Waals surface area contributed by atoms with Crippen LogP contribution >= 0.6 is 27.3 Å². The average molecular weight is 495 g/mol. The lowest BCUT2D eigenvalue weighted by Crippen LogP contribution is -2.59. The quantitative estimate of drug-likeness (QED) is 0.613. The monoisotopic (exact) mass is 494 g/mol. The molecule has 2 aromatic rings. The SMILES string of the molecule is O=C(NC12CC3CC(CC(C3)C1)C2)c1ccc(NS(=O)(=O)c2ccc(Br)s2)cc1. The van der Waals surface area contributed by atoms with E-state index in [-0.39, 0.29) is 15.7 Å². The molecular formula is C21H23BrN2O3S2. The summed E-state index contributed by atoms with van der Waals surface area (Å²) in [6.45, 7) is 0. The molecule has 0 spiro atoms. The van der Waals surface area contributed by atoms with E-state index >= 15 is 0 Å². The van der Waals surface area contributed by atoms with Crippen LogP contribution in [0.15, 0.2) is 44.4 Å². The molecule has 0 atom stereocenters. The van der Waals surface area contributed by atoms with Gasteiger partial charge in [0.05, 0.1) is 3.79 Å². The van der Waals surface area contributed by atoms with Gasteiger partial charge in [-0.2, -0.15) is 0 Å². The minimum atomic E-state index is -3.62. The number of anilines is 1. The first kappa shape index (κ1) is 19.6. The predicted octanol–water partition coefficient (Wildman–Crippen LogP) is 5.01.